The Balaban J connectivity index is 4.31. The lowest BCUT2D eigenvalue weighted by Crippen LogP contribution is -2.30. The van der Waals surface area contributed by atoms with Crippen molar-refractivity contribution in [2.24, 2.45) is 11.8 Å². The van der Waals surface area contributed by atoms with Crippen LogP contribution in [-0.4, -0.2) is 37.2 Å². The van der Waals surface area contributed by atoms with Gasteiger partial charge < -0.3 is 14.2 Å². The largest absolute Gasteiger partial charge is 0.462 e. The van der Waals surface area contributed by atoms with E-state index in [1.165, 1.54) is 128 Å². The highest BCUT2D eigenvalue weighted by molar-refractivity contribution is 5.71. The fraction of sp³-hybridized carbons (Fsp3) is 0.933. The smallest absolute Gasteiger partial charge is 0.306 e. The highest BCUT2D eigenvalue weighted by atomic mass is 16.6. The summed E-state index contributed by atoms with van der Waals surface area (Å²) >= 11 is 0. The molecule has 0 aromatic rings. The van der Waals surface area contributed by atoms with Crippen molar-refractivity contribution in [3.8, 4) is 0 Å². The molecule has 3 atom stereocenters. The maximum absolute atomic E-state index is 12.7. The van der Waals surface area contributed by atoms with Gasteiger partial charge in [0.1, 0.15) is 13.2 Å². The number of ether oxygens (including phenoxy) is 3. The SMILES string of the molecule is CCCCCCCCCC(=O)OC[C@@H](COC(=O)CCCCCCCCCCC(C)CC)OC(=O)CCCCCCCCCCCCC(C)CC. The molecule has 0 rings (SSSR count). The standard InChI is InChI=1S/C45H86O6/c1-6-9-10-11-18-25-30-35-43(46)49-38-42(39-50-44(47)36-31-26-21-17-16-20-24-29-34-41(5)8-3)51-45(48)37-32-27-22-15-13-12-14-19-23-28-33-40(4)7-2/h40-42H,6-39H2,1-5H3/t40?,41?,42-/m0/s1. The van der Waals surface area contributed by atoms with Crippen LogP contribution in [0.2, 0.25) is 0 Å². The Kier molecular flexibility index (Phi) is 37.0. The third-order valence-electron chi connectivity index (χ3n) is 10.7. The first kappa shape index (κ1) is 49.4. The minimum absolute atomic E-state index is 0.0659. The molecule has 0 aromatic carbocycles. The van der Waals surface area contributed by atoms with Gasteiger partial charge in [-0.15, -0.1) is 0 Å². The molecule has 0 bridgehead atoms. The zero-order valence-electron chi connectivity index (χ0n) is 34.7. The van der Waals surface area contributed by atoms with Crippen LogP contribution in [0.15, 0.2) is 0 Å². The van der Waals surface area contributed by atoms with E-state index in [1.807, 2.05) is 0 Å². The Morgan fingerprint density at radius 1 is 0.392 bits per heavy atom. The van der Waals surface area contributed by atoms with Crippen molar-refractivity contribution in [1.29, 1.82) is 0 Å². The molecule has 0 N–H and O–H groups in total. The molecule has 0 spiro atoms. The summed E-state index contributed by atoms with van der Waals surface area (Å²) in [6.07, 6.45) is 35.1. The van der Waals surface area contributed by atoms with Crippen LogP contribution in [0.4, 0.5) is 0 Å². The van der Waals surface area contributed by atoms with Gasteiger partial charge in [-0.2, -0.15) is 0 Å². The number of hydrogen-bond donors (Lipinski definition) is 0. The van der Waals surface area contributed by atoms with E-state index in [0.717, 1.165) is 69.6 Å². The molecule has 0 radical (unpaired) electrons. The van der Waals surface area contributed by atoms with Crippen LogP contribution in [0.5, 0.6) is 0 Å². The van der Waals surface area contributed by atoms with E-state index in [1.54, 1.807) is 0 Å². The molecule has 0 saturated carbocycles. The zero-order chi connectivity index (χ0) is 37.6. The van der Waals surface area contributed by atoms with Crippen LogP contribution in [0, 0.1) is 11.8 Å². The molecule has 302 valence electrons. The van der Waals surface area contributed by atoms with Crippen molar-refractivity contribution in [2.75, 3.05) is 13.2 Å². The first-order chi connectivity index (χ1) is 24.8. The molecule has 0 aliphatic rings. The van der Waals surface area contributed by atoms with Gasteiger partial charge in [0.15, 0.2) is 6.10 Å². The van der Waals surface area contributed by atoms with E-state index in [2.05, 4.69) is 34.6 Å². The van der Waals surface area contributed by atoms with Crippen molar-refractivity contribution >= 4 is 17.9 Å². The minimum Gasteiger partial charge on any atom is -0.462 e. The number of unbranched alkanes of at least 4 members (excludes halogenated alkanes) is 22. The van der Waals surface area contributed by atoms with Crippen LogP contribution >= 0.6 is 0 Å². The lowest BCUT2D eigenvalue weighted by molar-refractivity contribution is -0.167. The Hall–Kier alpha value is -1.59. The summed E-state index contributed by atoms with van der Waals surface area (Å²) in [5.74, 6) is 0.849. The number of carbonyl (C=O) groups excluding carboxylic acids is 3. The van der Waals surface area contributed by atoms with Gasteiger partial charge >= 0.3 is 17.9 Å². The number of hydrogen-bond acceptors (Lipinski definition) is 6. The molecule has 6 heteroatoms. The lowest BCUT2D eigenvalue weighted by Gasteiger charge is -2.18. The van der Waals surface area contributed by atoms with Gasteiger partial charge in [0, 0.05) is 19.3 Å². The van der Waals surface area contributed by atoms with Gasteiger partial charge in [-0.1, -0.05) is 202 Å². The normalized spacial score (nSPS) is 13.1. The predicted octanol–water partition coefficient (Wildman–Crippen LogP) is 13.8. The molecule has 51 heavy (non-hydrogen) atoms. The van der Waals surface area contributed by atoms with Crippen molar-refractivity contribution in [2.45, 2.75) is 246 Å². The van der Waals surface area contributed by atoms with Crippen LogP contribution in [0.3, 0.4) is 0 Å². The van der Waals surface area contributed by atoms with Crippen LogP contribution in [0.1, 0.15) is 240 Å². The van der Waals surface area contributed by atoms with E-state index in [4.69, 9.17) is 14.2 Å². The van der Waals surface area contributed by atoms with Crippen molar-refractivity contribution in [1.82, 2.24) is 0 Å². The summed E-state index contributed by atoms with van der Waals surface area (Å²) in [5.41, 5.74) is 0. The molecule has 0 aromatic heterocycles. The average Bonchev–Trinajstić information content (AvgIpc) is 3.13. The van der Waals surface area contributed by atoms with E-state index in [9.17, 15) is 14.4 Å². The predicted molar refractivity (Wildman–Crippen MR) is 215 cm³/mol. The summed E-state index contributed by atoms with van der Waals surface area (Å²) in [4.78, 5) is 37.6. The monoisotopic (exact) mass is 723 g/mol. The zero-order valence-corrected chi connectivity index (χ0v) is 34.7. The highest BCUT2D eigenvalue weighted by Gasteiger charge is 2.19. The minimum atomic E-state index is -0.759. The molecular weight excluding hydrogens is 636 g/mol. The van der Waals surface area contributed by atoms with Crippen molar-refractivity contribution < 1.29 is 28.6 Å². The molecular formula is C45H86O6. The van der Waals surface area contributed by atoms with Crippen LogP contribution in [-0.2, 0) is 28.6 Å². The average molecular weight is 723 g/mol. The Morgan fingerprint density at radius 2 is 0.686 bits per heavy atom. The van der Waals surface area contributed by atoms with Crippen molar-refractivity contribution in [3.05, 3.63) is 0 Å². The summed E-state index contributed by atoms with van der Waals surface area (Å²) in [5, 5.41) is 0. The second-order valence-corrected chi connectivity index (χ2v) is 15.8. The van der Waals surface area contributed by atoms with E-state index in [-0.39, 0.29) is 31.1 Å². The third kappa shape index (κ3) is 36.6. The van der Waals surface area contributed by atoms with Crippen LogP contribution in [0.25, 0.3) is 0 Å². The molecule has 0 saturated heterocycles. The first-order valence-electron chi connectivity index (χ1n) is 22.3. The second kappa shape index (κ2) is 38.1. The maximum Gasteiger partial charge on any atom is 0.306 e. The fourth-order valence-electron chi connectivity index (χ4n) is 6.51. The molecule has 0 aliphatic carbocycles. The van der Waals surface area contributed by atoms with Crippen molar-refractivity contribution in [3.63, 3.8) is 0 Å². The number of carbonyl (C=O) groups is 3. The van der Waals surface area contributed by atoms with Gasteiger partial charge in [-0.3, -0.25) is 14.4 Å². The van der Waals surface area contributed by atoms with Gasteiger partial charge in [-0.25, -0.2) is 0 Å². The van der Waals surface area contributed by atoms with Gasteiger partial charge in [0.05, 0.1) is 0 Å². The quantitative estimate of drug-likeness (QED) is 0.0357. The Labute approximate surface area is 317 Å². The van der Waals surface area contributed by atoms with Gasteiger partial charge in [-0.05, 0) is 31.1 Å². The van der Waals surface area contributed by atoms with Gasteiger partial charge in [0.2, 0.25) is 0 Å². The highest BCUT2D eigenvalue weighted by Crippen LogP contribution is 2.17. The molecule has 0 amide bonds. The Morgan fingerprint density at radius 3 is 1.02 bits per heavy atom. The van der Waals surface area contributed by atoms with E-state index < -0.39 is 6.10 Å². The third-order valence-corrected chi connectivity index (χ3v) is 10.7. The molecule has 6 nitrogen and oxygen atoms in total. The van der Waals surface area contributed by atoms with E-state index in [0.29, 0.717) is 19.3 Å². The number of esters is 3. The summed E-state index contributed by atoms with van der Waals surface area (Å²) in [7, 11) is 0. The maximum atomic E-state index is 12.7. The molecule has 0 fully saturated rings. The molecule has 2 unspecified atom stereocenters. The summed E-state index contributed by atoms with van der Waals surface area (Å²) in [6, 6.07) is 0. The molecule has 0 aliphatic heterocycles. The Bertz CT molecular complexity index is 783. The summed E-state index contributed by atoms with van der Waals surface area (Å²) in [6.45, 7) is 11.3. The summed E-state index contributed by atoms with van der Waals surface area (Å²) < 4.78 is 16.7. The molecule has 0 heterocycles. The first-order valence-corrected chi connectivity index (χ1v) is 22.3. The van der Waals surface area contributed by atoms with E-state index >= 15 is 0 Å². The van der Waals surface area contributed by atoms with Crippen LogP contribution < -0.4 is 0 Å². The second-order valence-electron chi connectivity index (χ2n) is 15.8. The number of rotatable bonds is 39. The topological polar surface area (TPSA) is 78.9 Å². The van der Waals surface area contributed by atoms with Gasteiger partial charge in [0.25, 0.3) is 0 Å². The lowest BCUT2D eigenvalue weighted by atomic mass is 9.99. The fourth-order valence-corrected chi connectivity index (χ4v) is 6.51.